The van der Waals surface area contributed by atoms with E-state index in [4.69, 9.17) is 14.2 Å². The lowest BCUT2D eigenvalue weighted by Gasteiger charge is -2.07. The predicted molar refractivity (Wildman–Crippen MR) is 121 cm³/mol. The molecule has 7 heteroatoms. The topological polar surface area (TPSA) is 78.9 Å². The van der Waals surface area contributed by atoms with Gasteiger partial charge in [0.15, 0.2) is 0 Å². The van der Waals surface area contributed by atoms with Gasteiger partial charge < -0.3 is 14.2 Å². The average Bonchev–Trinajstić information content (AvgIpc) is 3.64. The van der Waals surface area contributed by atoms with Crippen molar-refractivity contribution in [2.24, 2.45) is 5.92 Å². The Balaban J connectivity index is 1.42. The fraction of sp³-hybridized carbons (Fsp3) is 0.320. The Morgan fingerprint density at radius 3 is 1.81 bits per heavy atom. The summed E-state index contributed by atoms with van der Waals surface area (Å²) in [6, 6.07) is 14.3. The zero-order valence-corrected chi connectivity index (χ0v) is 18.6. The predicted octanol–water partition coefficient (Wildman–Crippen LogP) is 5.07. The summed E-state index contributed by atoms with van der Waals surface area (Å²) in [5, 5.41) is 0. The number of carbonyl (C=O) groups excluding carboxylic acids is 3. The van der Waals surface area contributed by atoms with Crippen LogP contribution in [0.25, 0.3) is 0 Å². The van der Waals surface area contributed by atoms with Crippen LogP contribution in [-0.2, 0) is 19.0 Å². The van der Waals surface area contributed by atoms with Gasteiger partial charge in [-0.05, 0) is 67.3 Å². The van der Waals surface area contributed by atoms with E-state index >= 15 is 0 Å². The molecule has 6 nitrogen and oxygen atoms in total. The SMILES string of the molecule is C=CC(=O)OCCOC(=O)c1ccc(Sc2ccc(C(=O)OCCCC3CC3)cc2)cc1. The van der Waals surface area contributed by atoms with E-state index in [1.807, 2.05) is 24.3 Å². The highest BCUT2D eigenvalue weighted by atomic mass is 32.2. The Morgan fingerprint density at radius 2 is 1.31 bits per heavy atom. The van der Waals surface area contributed by atoms with Crippen LogP contribution in [0.4, 0.5) is 0 Å². The third kappa shape index (κ3) is 7.89. The molecular weight excluding hydrogens is 428 g/mol. The molecular formula is C25H26O6S. The Kier molecular flexibility index (Phi) is 8.92. The van der Waals surface area contributed by atoms with Crippen molar-refractivity contribution in [3.8, 4) is 0 Å². The maximum Gasteiger partial charge on any atom is 0.338 e. The van der Waals surface area contributed by atoms with Crippen LogP contribution in [0.15, 0.2) is 71.0 Å². The molecule has 0 radical (unpaired) electrons. The molecule has 2 aromatic rings. The third-order valence-corrected chi connectivity index (χ3v) is 5.85. The van der Waals surface area contributed by atoms with Crippen LogP contribution in [0, 0.1) is 5.92 Å². The number of hydrogen-bond donors (Lipinski definition) is 0. The minimum absolute atomic E-state index is 0.0193. The van der Waals surface area contributed by atoms with Crippen LogP contribution in [-0.4, -0.2) is 37.7 Å². The Bertz CT molecular complexity index is 932. The lowest BCUT2D eigenvalue weighted by Crippen LogP contribution is -2.12. The second kappa shape index (κ2) is 12.1. The van der Waals surface area contributed by atoms with Crippen molar-refractivity contribution in [2.75, 3.05) is 19.8 Å². The molecule has 0 unspecified atom stereocenters. The molecule has 1 aliphatic carbocycles. The van der Waals surface area contributed by atoms with Crippen LogP contribution < -0.4 is 0 Å². The van der Waals surface area contributed by atoms with Crippen LogP contribution in [0.1, 0.15) is 46.4 Å². The van der Waals surface area contributed by atoms with Crippen molar-refractivity contribution in [1.82, 2.24) is 0 Å². The third-order valence-electron chi connectivity index (χ3n) is 4.83. The molecule has 32 heavy (non-hydrogen) atoms. The van der Waals surface area contributed by atoms with Gasteiger partial charge in [0.1, 0.15) is 13.2 Å². The van der Waals surface area contributed by atoms with Gasteiger partial charge in [-0.15, -0.1) is 0 Å². The standard InChI is InChI=1S/C25H26O6S/c1-2-23(26)29-16-17-31-25(28)20-9-13-22(14-10-20)32-21-11-7-19(8-12-21)24(27)30-15-3-4-18-5-6-18/h2,7-14,18H,1,3-6,15-17H2. The summed E-state index contributed by atoms with van der Waals surface area (Å²) in [7, 11) is 0. The lowest BCUT2D eigenvalue weighted by molar-refractivity contribution is -0.138. The Hall–Kier alpha value is -3.06. The van der Waals surface area contributed by atoms with Crippen molar-refractivity contribution in [1.29, 1.82) is 0 Å². The summed E-state index contributed by atoms with van der Waals surface area (Å²) in [6.45, 7) is 3.72. The van der Waals surface area contributed by atoms with Crippen molar-refractivity contribution in [3.05, 3.63) is 72.3 Å². The quantitative estimate of drug-likeness (QED) is 0.192. The van der Waals surface area contributed by atoms with Crippen LogP contribution in [0.3, 0.4) is 0 Å². The van der Waals surface area contributed by atoms with Gasteiger partial charge >= 0.3 is 17.9 Å². The maximum absolute atomic E-state index is 12.1. The maximum atomic E-state index is 12.1. The molecule has 1 saturated carbocycles. The molecule has 2 aromatic carbocycles. The zero-order valence-electron chi connectivity index (χ0n) is 17.8. The second-order valence-corrected chi connectivity index (χ2v) is 8.53. The first-order chi connectivity index (χ1) is 15.5. The number of carbonyl (C=O) groups is 3. The molecule has 0 atom stereocenters. The van der Waals surface area contributed by atoms with E-state index in [0.717, 1.165) is 34.6 Å². The summed E-state index contributed by atoms with van der Waals surface area (Å²) in [5.41, 5.74) is 0.946. The van der Waals surface area contributed by atoms with Gasteiger partial charge in [-0.1, -0.05) is 31.2 Å². The molecule has 0 saturated heterocycles. The summed E-state index contributed by atoms with van der Waals surface area (Å²) in [4.78, 5) is 37.0. The van der Waals surface area contributed by atoms with E-state index in [2.05, 4.69) is 6.58 Å². The van der Waals surface area contributed by atoms with Gasteiger partial charge in [0.2, 0.25) is 0 Å². The van der Waals surface area contributed by atoms with Gasteiger partial charge in [-0.3, -0.25) is 0 Å². The molecule has 1 aliphatic rings. The average molecular weight is 455 g/mol. The van der Waals surface area contributed by atoms with Crippen molar-refractivity contribution in [2.45, 2.75) is 35.5 Å². The molecule has 0 spiro atoms. The summed E-state index contributed by atoms with van der Waals surface area (Å²) < 4.78 is 15.2. The van der Waals surface area contributed by atoms with E-state index < -0.39 is 11.9 Å². The normalized spacial score (nSPS) is 12.6. The molecule has 1 fully saturated rings. The van der Waals surface area contributed by atoms with Gasteiger partial charge in [-0.25, -0.2) is 14.4 Å². The molecule has 0 amide bonds. The highest BCUT2D eigenvalue weighted by molar-refractivity contribution is 7.99. The van der Waals surface area contributed by atoms with Crippen LogP contribution in [0.2, 0.25) is 0 Å². The lowest BCUT2D eigenvalue weighted by atomic mass is 10.2. The first kappa shape index (κ1) is 23.6. The van der Waals surface area contributed by atoms with Gasteiger partial charge in [0.05, 0.1) is 17.7 Å². The second-order valence-electron chi connectivity index (χ2n) is 7.38. The van der Waals surface area contributed by atoms with E-state index in [1.54, 1.807) is 24.3 Å². The van der Waals surface area contributed by atoms with Gasteiger partial charge in [-0.2, -0.15) is 0 Å². The molecule has 0 N–H and O–H groups in total. The van der Waals surface area contributed by atoms with E-state index in [1.165, 1.54) is 24.6 Å². The number of rotatable bonds is 12. The monoisotopic (exact) mass is 454 g/mol. The van der Waals surface area contributed by atoms with E-state index in [0.29, 0.717) is 17.7 Å². The summed E-state index contributed by atoms with van der Waals surface area (Å²) in [5.74, 6) is -0.495. The summed E-state index contributed by atoms with van der Waals surface area (Å²) in [6.07, 6.45) is 5.75. The molecule has 0 aromatic heterocycles. The smallest absolute Gasteiger partial charge is 0.338 e. The van der Waals surface area contributed by atoms with E-state index in [-0.39, 0.29) is 19.2 Å². The largest absolute Gasteiger partial charge is 0.462 e. The molecule has 3 rings (SSSR count). The van der Waals surface area contributed by atoms with Crippen molar-refractivity contribution in [3.63, 3.8) is 0 Å². The zero-order chi connectivity index (χ0) is 22.8. The highest BCUT2D eigenvalue weighted by Gasteiger charge is 2.20. The van der Waals surface area contributed by atoms with Crippen LogP contribution in [0.5, 0.6) is 0 Å². The Morgan fingerprint density at radius 1 is 0.812 bits per heavy atom. The fourth-order valence-corrected chi connectivity index (χ4v) is 3.72. The molecule has 0 heterocycles. The number of hydrogen-bond acceptors (Lipinski definition) is 7. The van der Waals surface area contributed by atoms with Crippen LogP contribution >= 0.6 is 11.8 Å². The van der Waals surface area contributed by atoms with Gasteiger partial charge in [0, 0.05) is 15.9 Å². The molecule has 168 valence electrons. The summed E-state index contributed by atoms with van der Waals surface area (Å²) >= 11 is 1.52. The fourth-order valence-electron chi connectivity index (χ4n) is 2.90. The molecule has 0 aliphatic heterocycles. The van der Waals surface area contributed by atoms with Crippen molar-refractivity contribution >= 4 is 29.7 Å². The first-order valence-corrected chi connectivity index (χ1v) is 11.4. The minimum Gasteiger partial charge on any atom is -0.462 e. The highest BCUT2D eigenvalue weighted by Crippen LogP contribution is 2.33. The minimum atomic E-state index is -0.559. The van der Waals surface area contributed by atoms with Crippen molar-refractivity contribution < 1.29 is 28.6 Å². The molecule has 0 bridgehead atoms. The number of benzene rings is 2. The van der Waals surface area contributed by atoms with Gasteiger partial charge in [0.25, 0.3) is 0 Å². The number of esters is 3. The first-order valence-electron chi connectivity index (χ1n) is 10.6. The number of ether oxygens (including phenoxy) is 3. The Labute approximate surface area is 191 Å². The van der Waals surface area contributed by atoms with E-state index in [9.17, 15) is 14.4 Å².